The van der Waals surface area contributed by atoms with Gasteiger partial charge in [-0.3, -0.25) is 9.69 Å². The summed E-state index contributed by atoms with van der Waals surface area (Å²) in [5.41, 5.74) is 1.03. The maximum absolute atomic E-state index is 11.6. The molecule has 114 valence electrons. The summed E-state index contributed by atoms with van der Waals surface area (Å²) < 4.78 is 0. The summed E-state index contributed by atoms with van der Waals surface area (Å²) in [5, 5.41) is 10.6. The molecule has 0 bridgehead atoms. The van der Waals surface area contributed by atoms with Crippen LogP contribution in [0.4, 0.5) is 0 Å². The lowest BCUT2D eigenvalue weighted by Crippen LogP contribution is -2.41. The van der Waals surface area contributed by atoms with Crippen LogP contribution in [0.1, 0.15) is 37.7 Å². The number of benzene rings is 1. The topological polar surface area (TPSA) is 40.5 Å². The zero-order valence-electron chi connectivity index (χ0n) is 11.8. The molecule has 0 radical (unpaired) electrons. The highest BCUT2D eigenvalue weighted by Gasteiger charge is 2.44. The summed E-state index contributed by atoms with van der Waals surface area (Å²) >= 11 is 12.0. The molecule has 0 spiro atoms. The first-order valence-electron chi connectivity index (χ1n) is 7.48. The van der Waals surface area contributed by atoms with E-state index in [0.717, 1.165) is 24.8 Å². The van der Waals surface area contributed by atoms with Gasteiger partial charge in [0, 0.05) is 12.6 Å². The monoisotopic (exact) mass is 327 g/mol. The highest BCUT2D eigenvalue weighted by Crippen LogP contribution is 2.40. The van der Waals surface area contributed by atoms with Crippen molar-refractivity contribution in [1.82, 2.24) is 4.90 Å². The Labute approximate surface area is 134 Å². The number of halogens is 2. The minimum absolute atomic E-state index is 0.368. The zero-order chi connectivity index (χ0) is 15.0. The van der Waals surface area contributed by atoms with Gasteiger partial charge in [0.05, 0.1) is 10.0 Å². The summed E-state index contributed by atoms with van der Waals surface area (Å²) in [6.45, 7) is 0.634. The van der Waals surface area contributed by atoms with Crippen LogP contribution in [0.2, 0.25) is 10.0 Å². The fourth-order valence-corrected chi connectivity index (χ4v) is 4.19. The molecule has 1 aromatic rings. The Morgan fingerprint density at radius 1 is 1.24 bits per heavy atom. The van der Waals surface area contributed by atoms with Gasteiger partial charge >= 0.3 is 5.97 Å². The molecule has 21 heavy (non-hydrogen) atoms. The van der Waals surface area contributed by atoms with E-state index in [1.807, 2.05) is 12.1 Å². The zero-order valence-corrected chi connectivity index (χ0v) is 13.3. The van der Waals surface area contributed by atoms with Crippen LogP contribution in [0.5, 0.6) is 0 Å². The normalized spacial score (nSPS) is 29.3. The first-order chi connectivity index (χ1) is 10.1. The summed E-state index contributed by atoms with van der Waals surface area (Å²) in [6.07, 6.45) is 5.48. The van der Waals surface area contributed by atoms with Crippen molar-refractivity contribution in [1.29, 1.82) is 0 Å². The summed E-state index contributed by atoms with van der Waals surface area (Å²) in [7, 11) is 0. The Morgan fingerprint density at radius 2 is 2.00 bits per heavy atom. The molecule has 2 fully saturated rings. The van der Waals surface area contributed by atoms with E-state index in [1.165, 1.54) is 12.8 Å². The maximum Gasteiger partial charge on any atom is 0.320 e. The van der Waals surface area contributed by atoms with Gasteiger partial charge in [-0.1, -0.05) is 42.1 Å². The molecule has 3 nitrogen and oxygen atoms in total. The second-order valence-electron chi connectivity index (χ2n) is 6.12. The fraction of sp³-hybridized carbons (Fsp3) is 0.562. The Kier molecular flexibility index (Phi) is 4.43. The van der Waals surface area contributed by atoms with Crippen molar-refractivity contribution >= 4 is 29.2 Å². The molecule has 0 aromatic heterocycles. The lowest BCUT2D eigenvalue weighted by atomic mass is 9.84. The van der Waals surface area contributed by atoms with E-state index in [2.05, 4.69) is 4.90 Å². The van der Waals surface area contributed by atoms with Crippen LogP contribution in [-0.4, -0.2) is 28.1 Å². The quantitative estimate of drug-likeness (QED) is 0.903. The van der Waals surface area contributed by atoms with Crippen molar-refractivity contribution in [3.05, 3.63) is 33.8 Å². The first kappa shape index (κ1) is 15.1. The highest BCUT2D eigenvalue weighted by atomic mass is 35.5. The average Bonchev–Trinajstić information content (AvgIpc) is 2.82. The number of hydrogen-bond donors (Lipinski definition) is 1. The van der Waals surface area contributed by atoms with E-state index >= 15 is 0 Å². The number of carboxylic acid groups (broad SMARTS) is 1. The first-order valence-corrected chi connectivity index (χ1v) is 8.24. The van der Waals surface area contributed by atoms with E-state index in [-0.39, 0.29) is 6.04 Å². The molecule has 0 unspecified atom stereocenters. The van der Waals surface area contributed by atoms with Gasteiger partial charge in [-0.25, -0.2) is 0 Å². The number of rotatable bonds is 3. The molecule has 1 aromatic carbocycles. The van der Waals surface area contributed by atoms with Crippen molar-refractivity contribution in [2.75, 3.05) is 0 Å². The average molecular weight is 328 g/mol. The van der Waals surface area contributed by atoms with Crippen LogP contribution in [0, 0.1) is 5.92 Å². The van der Waals surface area contributed by atoms with E-state index in [9.17, 15) is 9.90 Å². The van der Waals surface area contributed by atoms with Crippen molar-refractivity contribution in [3.8, 4) is 0 Å². The lowest BCUT2D eigenvalue weighted by Gasteiger charge is -2.33. The Morgan fingerprint density at radius 3 is 2.71 bits per heavy atom. The molecule has 1 aliphatic heterocycles. The highest BCUT2D eigenvalue weighted by molar-refractivity contribution is 6.42. The van der Waals surface area contributed by atoms with Crippen molar-refractivity contribution in [3.63, 3.8) is 0 Å². The molecule has 1 heterocycles. The molecule has 1 aliphatic carbocycles. The second kappa shape index (κ2) is 6.15. The van der Waals surface area contributed by atoms with Gasteiger partial charge in [0.25, 0.3) is 0 Å². The third-order valence-corrected chi connectivity index (χ3v) is 5.59. The van der Waals surface area contributed by atoms with Crippen LogP contribution >= 0.6 is 23.2 Å². The molecular weight excluding hydrogens is 309 g/mol. The largest absolute Gasteiger partial charge is 0.480 e. The van der Waals surface area contributed by atoms with E-state index in [1.54, 1.807) is 6.07 Å². The number of fused-ring (bicyclic) bond motifs is 1. The summed E-state index contributed by atoms with van der Waals surface area (Å²) in [6, 6.07) is 5.59. The molecule has 5 heteroatoms. The van der Waals surface area contributed by atoms with Crippen LogP contribution < -0.4 is 0 Å². The fourth-order valence-electron chi connectivity index (χ4n) is 3.87. The number of likely N-dealkylation sites (tertiary alicyclic amines) is 1. The summed E-state index contributed by atoms with van der Waals surface area (Å²) in [5.74, 6) is -0.174. The van der Waals surface area contributed by atoms with E-state index < -0.39 is 5.97 Å². The molecule has 3 atom stereocenters. The molecule has 1 saturated heterocycles. The van der Waals surface area contributed by atoms with Gasteiger partial charge in [0.15, 0.2) is 0 Å². The van der Waals surface area contributed by atoms with Gasteiger partial charge in [0.1, 0.15) is 6.04 Å². The smallest absolute Gasteiger partial charge is 0.320 e. The van der Waals surface area contributed by atoms with Gasteiger partial charge < -0.3 is 5.11 Å². The van der Waals surface area contributed by atoms with Crippen LogP contribution in [0.25, 0.3) is 0 Å². The van der Waals surface area contributed by atoms with Gasteiger partial charge in [0.2, 0.25) is 0 Å². The predicted molar refractivity (Wildman–Crippen MR) is 83.8 cm³/mol. The molecule has 3 rings (SSSR count). The number of aliphatic carboxylic acids is 1. The van der Waals surface area contributed by atoms with Crippen molar-refractivity contribution < 1.29 is 9.90 Å². The van der Waals surface area contributed by atoms with Crippen molar-refractivity contribution in [2.24, 2.45) is 5.92 Å². The minimum Gasteiger partial charge on any atom is -0.480 e. The number of carboxylic acids is 1. The molecule has 2 aliphatic rings. The number of carbonyl (C=O) groups is 1. The predicted octanol–water partition coefficient (Wildman–Crippen LogP) is 4.21. The Bertz CT molecular complexity index is 549. The van der Waals surface area contributed by atoms with Gasteiger partial charge in [-0.2, -0.15) is 0 Å². The standard InChI is InChI=1S/C16H19Cl2NO2/c17-12-6-5-10(7-13(12)18)9-19-14-4-2-1-3-11(14)8-15(19)16(20)21/h5-7,11,14-15H,1-4,8-9H2,(H,20,21)/t11-,14+,15-/m0/s1. The second-order valence-corrected chi connectivity index (χ2v) is 6.94. The molecule has 0 amide bonds. The maximum atomic E-state index is 11.6. The Balaban J connectivity index is 1.82. The molecule has 1 N–H and O–H groups in total. The Hall–Kier alpha value is -0.770. The van der Waals surface area contributed by atoms with Crippen LogP contribution in [0.15, 0.2) is 18.2 Å². The third-order valence-electron chi connectivity index (χ3n) is 4.86. The third kappa shape index (κ3) is 3.05. The SMILES string of the molecule is O=C(O)[C@@H]1C[C@@H]2CCCC[C@H]2N1Cc1ccc(Cl)c(Cl)c1. The van der Waals surface area contributed by atoms with Crippen molar-refractivity contribution in [2.45, 2.75) is 50.7 Å². The number of hydrogen-bond acceptors (Lipinski definition) is 2. The molecular formula is C16H19Cl2NO2. The van der Waals surface area contributed by atoms with Crippen LogP contribution in [0.3, 0.4) is 0 Å². The van der Waals surface area contributed by atoms with Crippen LogP contribution in [-0.2, 0) is 11.3 Å². The summed E-state index contributed by atoms with van der Waals surface area (Å²) in [4.78, 5) is 13.7. The minimum atomic E-state index is -0.704. The van der Waals surface area contributed by atoms with E-state index in [0.29, 0.717) is 28.5 Å². The number of nitrogens with zero attached hydrogens (tertiary/aromatic N) is 1. The van der Waals surface area contributed by atoms with Gasteiger partial charge in [-0.05, 0) is 42.9 Å². The van der Waals surface area contributed by atoms with E-state index in [4.69, 9.17) is 23.2 Å². The van der Waals surface area contributed by atoms with Gasteiger partial charge in [-0.15, -0.1) is 0 Å². The molecule has 1 saturated carbocycles. The lowest BCUT2D eigenvalue weighted by molar-refractivity contribution is -0.142.